The van der Waals surface area contributed by atoms with Gasteiger partial charge in [0.25, 0.3) is 0 Å². The fraction of sp³-hybridized carbons (Fsp3) is 0.0833. The van der Waals surface area contributed by atoms with Crippen LogP contribution in [-0.4, -0.2) is 11.5 Å². The lowest BCUT2D eigenvalue weighted by Gasteiger charge is -2.02. The van der Waals surface area contributed by atoms with Crippen LogP contribution in [0.25, 0.3) is 0 Å². The van der Waals surface area contributed by atoms with Crippen LogP contribution >= 0.6 is 62.2 Å². The minimum absolute atomic E-state index is 0.0953. The molecule has 0 N–H and O–H groups in total. The van der Waals surface area contributed by atoms with Crippen LogP contribution in [0.5, 0.6) is 0 Å². The lowest BCUT2D eigenvalue weighted by atomic mass is 10.3. The number of hydrogen-bond acceptors (Lipinski definition) is 3. The summed E-state index contributed by atoms with van der Waals surface area (Å²) in [6.07, 6.45) is 0. The van der Waals surface area contributed by atoms with Crippen LogP contribution in [0.3, 0.4) is 0 Å². The monoisotopic (exact) mass is 380 g/mol. The van der Waals surface area contributed by atoms with E-state index in [1.165, 1.54) is 23.1 Å². The van der Waals surface area contributed by atoms with Gasteiger partial charge in [0, 0.05) is 19.4 Å². The summed E-state index contributed by atoms with van der Waals surface area (Å²) in [4.78, 5) is 13.6. The molecule has 0 bridgehead atoms. The topological polar surface area (TPSA) is 17.1 Å². The summed E-state index contributed by atoms with van der Waals surface area (Å²) >= 11 is 18.0. The number of thiophene rings is 1. The van der Waals surface area contributed by atoms with Gasteiger partial charge in [0.2, 0.25) is 0 Å². The third-order valence-corrected chi connectivity index (χ3v) is 5.37. The Balaban J connectivity index is 2.04. The van der Waals surface area contributed by atoms with Crippen molar-refractivity contribution in [2.45, 2.75) is 4.90 Å². The zero-order valence-corrected chi connectivity index (χ0v) is 13.7. The van der Waals surface area contributed by atoms with Crippen molar-refractivity contribution in [3.63, 3.8) is 0 Å². The molecule has 18 heavy (non-hydrogen) atoms. The molecule has 0 aliphatic rings. The molecular weight excluding hydrogens is 375 g/mol. The van der Waals surface area contributed by atoms with E-state index in [9.17, 15) is 4.79 Å². The van der Waals surface area contributed by atoms with Crippen LogP contribution in [0.15, 0.2) is 39.0 Å². The number of rotatable bonds is 4. The minimum atomic E-state index is 0.0953. The van der Waals surface area contributed by atoms with Gasteiger partial charge < -0.3 is 0 Å². The number of ketones is 1. The molecule has 0 amide bonds. The highest BCUT2D eigenvalue weighted by Gasteiger charge is 2.12. The van der Waals surface area contributed by atoms with Crippen molar-refractivity contribution >= 4 is 68.0 Å². The van der Waals surface area contributed by atoms with E-state index in [-0.39, 0.29) is 5.78 Å². The average Bonchev–Trinajstić information content (AvgIpc) is 2.71. The first kappa shape index (κ1) is 14.4. The molecule has 1 aromatic carbocycles. The highest BCUT2D eigenvalue weighted by molar-refractivity contribution is 9.10. The van der Waals surface area contributed by atoms with Gasteiger partial charge in [-0.05, 0) is 45.6 Å². The molecule has 6 heteroatoms. The molecule has 0 aliphatic heterocycles. The summed E-state index contributed by atoms with van der Waals surface area (Å²) in [5.74, 6) is 0.466. The second-order valence-electron chi connectivity index (χ2n) is 3.41. The van der Waals surface area contributed by atoms with Crippen LogP contribution in [0, 0.1) is 0 Å². The number of carbonyl (C=O) groups excluding carboxylic acids is 1. The van der Waals surface area contributed by atoms with Crippen LogP contribution in [-0.2, 0) is 0 Å². The first-order chi connectivity index (χ1) is 8.56. The van der Waals surface area contributed by atoms with Gasteiger partial charge in [0.05, 0.1) is 10.6 Å². The zero-order valence-electron chi connectivity index (χ0n) is 8.95. The van der Waals surface area contributed by atoms with Crippen molar-refractivity contribution in [2.75, 3.05) is 5.75 Å². The fourth-order valence-electron chi connectivity index (χ4n) is 1.32. The number of Topliss-reactive ketones (excluding diaryl/α,β-unsaturated/α-hetero) is 1. The number of carbonyl (C=O) groups is 1. The van der Waals surface area contributed by atoms with Gasteiger partial charge in [-0.2, -0.15) is 0 Å². The van der Waals surface area contributed by atoms with Crippen molar-refractivity contribution < 1.29 is 4.79 Å². The number of hydrogen-bond donors (Lipinski definition) is 0. The average molecular weight is 382 g/mol. The third-order valence-electron chi connectivity index (χ3n) is 2.08. The van der Waals surface area contributed by atoms with Crippen molar-refractivity contribution in [3.05, 3.63) is 49.0 Å². The van der Waals surface area contributed by atoms with Gasteiger partial charge in [-0.1, -0.05) is 23.2 Å². The first-order valence-corrected chi connectivity index (χ1v) is 8.33. The fourth-order valence-corrected chi connectivity index (χ4v) is 4.46. The molecule has 2 aromatic rings. The van der Waals surface area contributed by atoms with Crippen LogP contribution < -0.4 is 0 Å². The molecule has 0 unspecified atom stereocenters. The van der Waals surface area contributed by atoms with E-state index in [0.29, 0.717) is 15.8 Å². The predicted octanol–water partition coefficient (Wildman–Crippen LogP) is 5.79. The molecule has 1 aromatic heterocycles. The molecule has 2 rings (SSSR count). The van der Waals surface area contributed by atoms with Crippen molar-refractivity contribution in [1.29, 1.82) is 0 Å². The molecule has 0 atom stereocenters. The summed E-state index contributed by atoms with van der Waals surface area (Å²) in [7, 11) is 0. The van der Waals surface area contributed by atoms with E-state index < -0.39 is 0 Å². The first-order valence-electron chi connectivity index (χ1n) is 4.91. The largest absolute Gasteiger partial charge is 0.292 e. The van der Waals surface area contributed by atoms with E-state index in [1.807, 2.05) is 11.4 Å². The summed E-state index contributed by atoms with van der Waals surface area (Å²) in [6.45, 7) is 0. The Kier molecular flexibility index (Phi) is 5.15. The van der Waals surface area contributed by atoms with Gasteiger partial charge >= 0.3 is 0 Å². The Morgan fingerprint density at radius 1 is 1.28 bits per heavy atom. The second kappa shape index (κ2) is 6.44. The van der Waals surface area contributed by atoms with Crippen molar-refractivity contribution in [1.82, 2.24) is 0 Å². The maximum absolute atomic E-state index is 12.0. The third kappa shape index (κ3) is 3.75. The van der Waals surface area contributed by atoms with Crippen LogP contribution in [0.2, 0.25) is 10.0 Å². The predicted molar refractivity (Wildman–Crippen MR) is 83.5 cm³/mol. The lowest BCUT2D eigenvalue weighted by Crippen LogP contribution is -2.00. The molecular formula is C12H7BrCl2OS2. The summed E-state index contributed by atoms with van der Waals surface area (Å²) in [6, 6.07) is 7.15. The normalized spacial score (nSPS) is 10.6. The Labute approximate surface area is 132 Å². The standard InChI is InChI=1S/C12H7BrCl2OS2/c13-10-1-2-17-12(10)11(16)6-18-9-4-7(14)3-8(15)5-9/h1-5H,6H2. The number of halogens is 3. The number of thioether (sulfide) groups is 1. The smallest absolute Gasteiger partial charge is 0.184 e. The zero-order chi connectivity index (χ0) is 13.1. The van der Waals surface area contributed by atoms with Gasteiger partial charge in [0.15, 0.2) is 5.78 Å². The Morgan fingerprint density at radius 2 is 1.94 bits per heavy atom. The minimum Gasteiger partial charge on any atom is -0.292 e. The van der Waals surface area contributed by atoms with Gasteiger partial charge in [0.1, 0.15) is 0 Å². The highest BCUT2D eigenvalue weighted by atomic mass is 79.9. The molecule has 94 valence electrons. The quantitative estimate of drug-likeness (QED) is 0.492. The molecule has 0 aliphatic carbocycles. The summed E-state index contributed by atoms with van der Waals surface area (Å²) in [5, 5.41) is 3.04. The Morgan fingerprint density at radius 3 is 2.50 bits per heavy atom. The van der Waals surface area contributed by atoms with Crippen LogP contribution in [0.4, 0.5) is 0 Å². The lowest BCUT2D eigenvalue weighted by molar-refractivity contribution is 0.102. The molecule has 0 saturated carbocycles. The Bertz CT molecular complexity index is 563. The highest BCUT2D eigenvalue weighted by Crippen LogP contribution is 2.29. The van der Waals surface area contributed by atoms with Gasteiger partial charge in [-0.15, -0.1) is 23.1 Å². The van der Waals surface area contributed by atoms with Gasteiger partial charge in [-0.3, -0.25) is 4.79 Å². The van der Waals surface area contributed by atoms with Crippen LogP contribution in [0.1, 0.15) is 9.67 Å². The number of benzene rings is 1. The van der Waals surface area contributed by atoms with Crippen molar-refractivity contribution in [2.24, 2.45) is 0 Å². The maximum atomic E-state index is 12.0. The molecule has 0 radical (unpaired) electrons. The molecule has 1 nitrogen and oxygen atoms in total. The van der Waals surface area contributed by atoms with E-state index in [2.05, 4.69) is 15.9 Å². The Hall–Kier alpha value is -0.000000000000000111. The maximum Gasteiger partial charge on any atom is 0.184 e. The van der Waals surface area contributed by atoms with E-state index >= 15 is 0 Å². The molecule has 0 spiro atoms. The SMILES string of the molecule is O=C(CSc1cc(Cl)cc(Cl)c1)c1sccc1Br. The van der Waals surface area contributed by atoms with E-state index in [0.717, 1.165) is 14.2 Å². The summed E-state index contributed by atoms with van der Waals surface area (Å²) in [5.41, 5.74) is 0. The van der Waals surface area contributed by atoms with Gasteiger partial charge in [-0.25, -0.2) is 0 Å². The second-order valence-corrected chi connectivity index (χ2v) is 7.11. The molecule has 1 heterocycles. The molecule has 0 fully saturated rings. The van der Waals surface area contributed by atoms with Crippen molar-refractivity contribution in [3.8, 4) is 0 Å². The summed E-state index contributed by atoms with van der Waals surface area (Å²) < 4.78 is 0.849. The van der Waals surface area contributed by atoms with E-state index in [4.69, 9.17) is 23.2 Å². The van der Waals surface area contributed by atoms with E-state index in [1.54, 1.807) is 18.2 Å². The molecule has 0 saturated heterocycles.